The average Bonchev–Trinajstić information content (AvgIpc) is 3.23. The molecule has 0 saturated carbocycles. The smallest absolute Gasteiger partial charge is 0.317 e. The molecule has 0 amide bonds. The van der Waals surface area contributed by atoms with Crippen molar-refractivity contribution in [1.82, 2.24) is 20.2 Å². The predicted octanol–water partition coefficient (Wildman–Crippen LogP) is 5.48. The van der Waals surface area contributed by atoms with Crippen molar-refractivity contribution in [3.63, 3.8) is 0 Å². The van der Waals surface area contributed by atoms with E-state index in [1.165, 1.54) is 57.8 Å². The molecule has 1 aromatic carbocycles. The second kappa shape index (κ2) is 14.7. The molecule has 6 nitrogen and oxygen atoms in total. The maximum Gasteiger partial charge on any atom is 0.317 e. The zero-order chi connectivity index (χ0) is 21.4. The molecule has 2 aromatic rings. The highest BCUT2D eigenvalue weighted by atomic mass is 16.5. The molecule has 0 aliphatic heterocycles. The third kappa shape index (κ3) is 9.06. The van der Waals surface area contributed by atoms with Crippen LogP contribution >= 0.6 is 0 Å². The Kier molecular flexibility index (Phi) is 11.8. The summed E-state index contributed by atoms with van der Waals surface area (Å²) in [5.74, 6) is -0.363. The number of ether oxygens (including phenoxy) is 1. The minimum absolute atomic E-state index is 0.292. The van der Waals surface area contributed by atoms with E-state index in [0.29, 0.717) is 18.9 Å². The van der Waals surface area contributed by atoms with Crippen LogP contribution in [0.5, 0.6) is 0 Å². The van der Waals surface area contributed by atoms with E-state index >= 15 is 0 Å². The first-order chi connectivity index (χ1) is 14.7. The number of carbonyl (C=O) groups is 1. The Morgan fingerprint density at radius 3 is 2.20 bits per heavy atom. The SMILES string of the molecule is CCCCCCCCCCCCn1nnc(C(Cc2ccccc2)C(=O)OCC)n1. The number of unbranched alkanes of at least 4 members (excludes halogenated alkanes) is 9. The Labute approximate surface area is 181 Å². The standard InChI is InChI=1S/C24H38N4O2/c1-3-5-6-7-8-9-10-11-12-16-19-28-26-23(25-27-28)22(24(29)30-4-2)20-21-17-14-13-15-18-21/h13-15,17-18,22H,3-12,16,19-20H2,1-2H3. The summed E-state index contributed by atoms with van der Waals surface area (Å²) < 4.78 is 5.25. The fourth-order valence-corrected chi connectivity index (χ4v) is 3.60. The Morgan fingerprint density at radius 2 is 1.57 bits per heavy atom. The van der Waals surface area contributed by atoms with Gasteiger partial charge >= 0.3 is 5.97 Å². The van der Waals surface area contributed by atoms with Crippen LogP contribution in [0.1, 0.15) is 95.4 Å². The topological polar surface area (TPSA) is 69.9 Å². The molecule has 166 valence electrons. The van der Waals surface area contributed by atoms with Crippen molar-refractivity contribution in [3.05, 3.63) is 41.7 Å². The highest BCUT2D eigenvalue weighted by Crippen LogP contribution is 2.19. The van der Waals surface area contributed by atoms with Crippen molar-refractivity contribution in [2.24, 2.45) is 0 Å². The van der Waals surface area contributed by atoms with E-state index in [4.69, 9.17) is 4.74 Å². The summed E-state index contributed by atoms with van der Waals surface area (Å²) in [7, 11) is 0. The van der Waals surface area contributed by atoms with Crippen LogP contribution in [0.4, 0.5) is 0 Å². The fraction of sp³-hybridized carbons (Fsp3) is 0.667. The lowest BCUT2D eigenvalue weighted by Crippen LogP contribution is -2.20. The van der Waals surface area contributed by atoms with Gasteiger partial charge in [0, 0.05) is 0 Å². The van der Waals surface area contributed by atoms with Crippen LogP contribution in [0.2, 0.25) is 0 Å². The second-order valence-electron chi connectivity index (χ2n) is 7.92. The van der Waals surface area contributed by atoms with Gasteiger partial charge in [0.15, 0.2) is 5.82 Å². The lowest BCUT2D eigenvalue weighted by Gasteiger charge is -2.12. The average molecular weight is 415 g/mol. The van der Waals surface area contributed by atoms with E-state index in [-0.39, 0.29) is 5.97 Å². The molecule has 0 aliphatic carbocycles. The van der Waals surface area contributed by atoms with E-state index in [0.717, 1.165) is 18.5 Å². The first-order valence-corrected chi connectivity index (χ1v) is 11.7. The molecule has 0 spiro atoms. The van der Waals surface area contributed by atoms with Gasteiger partial charge in [0.25, 0.3) is 0 Å². The number of aromatic nitrogens is 4. The monoisotopic (exact) mass is 414 g/mol. The van der Waals surface area contributed by atoms with Gasteiger partial charge in [-0.15, -0.1) is 10.2 Å². The second-order valence-corrected chi connectivity index (χ2v) is 7.92. The van der Waals surface area contributed by atoms with Crippen LogP contribution < -0.4 is 0 Å². The zero-order valence-electron chi connectivity index (χ0n) is 18.8. The highest BCUT2D eigenvalue weighted by Gasteiger charge is 2.27. The number of nitrogens with zero attached hydrogens (tertiary/aromatic N) is 4. The van der Waals surface area contributed by atoms with Gasteiger partial charge in [-0.25, -0.2) is 0 Å². The van der Waals surface area contributed by atoms with Crippen LogP contribution in [-0.4, -0.2) is 32.8 Å². The maximum atomic E-state index is 12.5. The van der Waals surface area contributed by atoms with Crippen LogP contribution in [0.25, 0.3) is 0 Å². The third-order valence-corrected chi connectivity index (χ3v) is 5.35. The Balaban J connectivity index is 1.75. The summed E-state index contributed by atoms with van der Waals surface area (Å²) in [6.07, 6.45) is 13.5. The van der Waals surface area contributed by atoms with E-state index in [1.54, 1.807) is 4.80 Å². The number of aryl methyl sites for hydroxylation is 1. The summed E-state index contributed by atoms with van der Waals surface area (Å²) in [5, 5.41) is 12.8. The fourth-order valence-electron chi connectivity index (χ4n) is 3.60. The Morgan fingerprint density at radius 1 is 0.933 bits per heavy atom. The molecule has 2 rings (SSSR count). The Hall–Kier alpha value is -2.24. The molecule has 0 radical (unpaired) electrons. The number of hydrogen-bond donors (Lipinski definition) is 0. The molecule has 0 aliphatic rings. The number of hydrogen-bond acceptors (Lipinski definition) is 5. The van der Waals surface area contributed by atoms with Crippen LogP contribution in [-0.2, 0) is 22.5 Å². The summed E-state index contributed by atoms with van der Waals surface area (Å²) in [6.45, 7) is 5.15. The van der Waals surface area contributed by atoms with Crippen molar-refractivity contribution >= 4 is 5.97 Å². The molecular weight excluding hydrogens is 376 g/mol. The maximum absolute atomic E-state index is 12.5. The van der Waals surface area contributed by atoms with Crippen LogP contribution in [0.3, 0.4) is 0 Å². The first-order valence-electron chi connectivity index (χ1n) is 11.7. The molecule has 1 aromatic heterocycles. The van der Waals surface area contributed by atoms with Gasteiger partial charge in [-0.1, -0.05) is 95.0 Å². The molecule has 0 N–H and O–H groups in total. The molecule has 0 bridgehead atoms. The molecule has 30 heavy (non-hydrogen) atoms. The molecular formula is C24H38N4O2. The van der Waals surface area contributed by atoms with E-state index in [2.05, 4.69) is 22.3 Å². The van der Waals surface area contributed by atoms with Crippen molar-refractivity contribution in [3.8, 4) is 0 Å². The lowest BCUT2D eigenvalue weighted by molar-refractivity contribution is -0.145. The predicted molar refractivity (Wildman–Crippen MR) is 119 cm³/mol. The van der Waals surface area contributed by atoms with Crippen molar-refractivity contribution < 1.29 is 9.53 Å². The molecule has 1 unspecified atom stereocenters. The highest BCUT2D eigenvalue weighted by molar-refractivity contribution is 5.77. The quantitative estimate of drug-likeness (QED) is 0.268. The number of esters is 1. The van der Waals surface area contributed by atoms with E-state index in [9.17, 15) is 4.79 Å². The molecule has 1 heterocycles. The van der Waals surface area contributed by atoms with Gasteiger partial charge < -0.3 is 4.74 Å². The van der Waals surface area contributed by atoms with Gasteiger partial charge in [-0.05, 0) is 30.5 Å². The van der Waals surface area contributed by atoms with Gasteiger partial charge in [0.05, 0.1) is 13.2 Å². The van der Waals surface area contributed by atoms with Crippen LogP contribution in [0, 0.1) is 0 Å². The lowest BCUT2D eigenvalue weighted by atomic mass is 9.99. The largest absolute Gasteiger partial charge is 0.465 e. The Bertz CT molecular complexity index is 702. The molecule has 0 fully saturated rings. The van der Waals surface area contributed by atoms with Crippen molar-refractivity contribution in [1.29, 1.82) is 0 Å². The summed E-state index contributed by atoms with van der Waals surface area (Å²) >= 11 is 0. The minimum Gasteiger partial charge on any atom is -0.465 e. The number of rotatable bonds is 16. The zero-order valence-corrected chi connectivity index (χ0v) is 18.8. The van der Waals surface area contributed by atoms with Gasteiger partial charge in [-0.2, -0.15) is 4.80 Å². The summed E-state index contributed by atoms with van der Waals surface area (Å²) in [5.41, 5.74) is 1.06. The minimum atomic E-state index is -0.520. The van der Waals surface area contributed by atoms with Gasteiger partial charge in [-0.3, -0.25) is 4.79 Å². The van der Waals surface area contributed by atoms with E-state index in [1.807, 2.05) is 37.3 Å². The normalized spacial score (nSPS) is 12.1. The third-order valence-electron chi connectivity index (χ3n) is 5.35. The number of benzene rings is 1. The first kappa shape index (κ1) is 24.0. The summed E-state index contributed by atoms with van der Waals surface area (Å²) in [4.78, 5) is 14.1. The number of carbonyl (C=O) groups excluding carboxylic acids is 1. The van der Waals surface area contributed by atoms with Gasteiger partial charge in [0.1, 0.15) is 5.92 Å². The van der Waals surface area contributed by atoms with Crippen LogP contribution in [0.15, 0.2) is 30.3 Å². The summed E-state index contributed by atoms with van der Waals surface area (Å²) in [6, 6.07) is 9.89. The molecule has 6 heteroatoms. The number of tetrazole rings is 1. The molecule has 0 saturated heterocycles. The van der Waals surface area contributed by atoms with Crippen molar-refractivity contribution in [2.75, 3.05) is 6.61 Å². The van der Waals surface area contributed by atoms with E-state index < -0.39 is 5.92 Å². The molecule has 1 atom stereocenters. The van der Waals surface area contributed by atoms with Crippen molar-refractivity contribution in [2.45, 2.75) is 96.9 Å². The van der Waals surface area contributed by atoms with Gasteiger partial charge in [0.2, 0.25) is 0 Å².